The van der Waals surface area contributed by atoms with E-state index in [1.54, 1.807) is 6.07 Å². The molecule has 2 N–H and O–H groups in total. The molecule has 0 amide bonds. The lowest BCUT2D eigenvalue weighted by molar-refractivity contribution is 0.103. The number of ketones is 1. The van der Waals surface area contributed by atoms with E-state index in [1.165, 1.54) is 0 Å². The number of carbonyl (C=O) groups is 1. The Hall–Kier alpha value is -1.09. The van der Waals surface area contributed by atoms with Crippen molar-refractivity contribution in [2.24, 2.45) is 0 Å². The van der Waals surface area contributed by atoms with Crippen molar-refractivity contribution in [1.82, 2.24) is 0 Å². The molecule has 0 aromatic heterocycles. The van der Waals surface area contributed by atoms with Crippen LogP contribution in [0.15, 0.2) is 34.3 Å². The van der Waals surface area contributed by atoms with Gasteiger partial charge in [0.25, 0.3) is 0 Å². The first-order valence-electron chi connectivity index (χ1n) is 4.98. The van der Waals surface area contributed by atoms with E-state index >= 15 is 0 Å². The van der Waals surface area contributed by atoms with E-state index in [0.717, 1.165) is 24.8 Å². The zero-order valence-electron chi connectivity index (χ0n) is 8.29. The average Bonchev–Trinajstić information content (AvgIpc) is 2.74. The summed E-state index contributed by atoms with van der Waals surface area (Å²) in [5, 5.41) is 0. The van der Waals surface area contributed by atoms with Crippen LogP contribution in [0.4, 0.5) is 5.69 Å². The van der Waals surface area contributed by atoms with Crippen LogP contribution in [0.5, 0.6) is 0 Å². The Bertz CT molecular complexity index is 437. The minimum Gasteiger partial charge on any atom is -0.398 e. The van der Waals surface area contributed by atoms with Crippen molar-refractivity contribution in [3.8, 4) is 0 Å². The van der Waals surface area contributed by atoms with Crippen molar-refractivity contribution in [2.75, 3.05) is 5.73 Å². The monoisotopic (exact) mass is 265 g/mol. The van der Waals surface area contributed by atoms with Gasteiger partial charge in [-0.1, -0.05) is 12.1 Å². The van der Waals surface area contributed by atoms with Gasteiger partial charge in [-0.2, -0.15) is 0 Å². The molecule has 0 unspecified atom stereocenters. The predicted molar refractivity (Wildman–Crippen MR) is 64.8 cm³/mol. The molecule has 0 saturated carbocycles. The number of Topliss-reactive ketones (excluding diaryl/α,β-unsaturated/α-hetero) is 1. The molecule has 1 aliphatic rings. The fourth-order valence-corrected chi connectivity index (χ4v) is 2.22. The van der Waals surface area contributed by atoms with Crippen molar-refractivity contribution < 1.29 is 4.79 Å². The van der Waals surface area contributed by atoms with Crippen molar-refractivity contribution in [3.05, 3.63) is 39.9 Å². The normalized spacial score (nSPS) is 15.1. The highest BCUT2D eigenvalue weighted by molar-refractivity contribution is 9.10. The van der Waals surface area contributed by atoms with Crippen LogP contribution in [0.25, 0.3) is 0 Å². The van der Waals surface area contributed by atoms with E-state index in [2.05, 4.69) is 15.9 Å². The number of allylic oxidation sites excluding steroid dienone is 2. The van der Waals surface area contributed by atoms with Crippen LogP contribution in [0, 0.1) is 0 Å². The highest BCUT2D eigenvalue weighted by Gasteiger charge is 2.18. The standard InChI is InChI=1S/C12H12BrNO/c13-11-9(6-3-7-10(11)14)12(15)8-4-1-2-5-8/h3-4,6-7H,1-2,5,14H2. The van der Waals surface area contributed by atoms with Gasteiger partial charge in [0, 0.05) is 11.3 Å². The summed E-state index contributed by atoms with van der Waals surface area (Å²) < 4.78 is 0.711. The molecule has 2 rings (SSSR count). The van der Waals surface area contributed by atoms with Crippen molar-refractivity contribution in [2.45, 2.75) is 19.3 Å². The van der Waals surface area contributed by atoms with Crippen molar-refractivity contribution in [3.63, 3.8) is 0 Å². The average molecular weight is 266 g/mol. The molecule has 0 saturated heterocycles. The highest BCUT2D eigenvalue weighted by atomic mass is 79.9. The number of benzene rings is 1. The fraction of sp³-hybridized carbons (Fsp3) is 0.250. The Kier molecular flexibility index (Phi) is 2.91. The van der Waals surface area contributed by atoms with Crippen LogP contribution >= 0.6 is 15.9 Å². The largest absolute Gasteiger partial charge is 0.398 e. The minimum atomic E-state index is 0.103. The third kappa shape index (κ3) is 1.97. The van der Waals surface area contributed by atoms with Crippen LogP contribution in [0.3, 0.4) is 0 Å². The van der Waals surface area contributed by atoms with Gasteiger partial charge in [0.2, 0.25) is 0 Å². The lowest BCUT2D eigenvalue weighted by Gasteiger charge is -2.06. The number of rotatable bonds is 2. The lowest BCUT2D eigenvalue weighted by Crippen LogP contribution is -2.04. The number of carbonyl (C=O) groups excluding carboxylic acids is 1. The van der Waals surface area contributed by atoms with Crippen molar-refractivity contribution in [1.29, 1.82) is 0 Å². The first-order chi connectivity index (χ1) is 7.20. The van der Waals surface area contributed by atoms with Crippen molar-refractivity contribution >= 4 is 27.4 Å². The van der Waals surface area contributed by atoms with Gasteiger partial charge in [-0.25, -0.2) is 0 Å². The second-order valence-corrected chi connectivity index (χ2v) is 4.45. The molecule has 0 aliphatic heterocycles. The Morgan fingerprint density at radius 1 is 1.40 bits per heavy atom. The topological polar surface area (TPSA) is 43.1 Å². The number of nitrogens with two attached hydrogens (primary N) is 1. The maximum Gasteiger partial charge on any atom is 0.189 e. The van der Waals surface area contributed by atoms with Gasteiger partial charge in [0.1, 0.15) is 0 Å². The van der Waals surface area contributed by atoms with Gasteiger partial charge in [0.15, 0.2) is 5.78 Å². The molecule has 78 valence electrons. The maximum absolute atomic E-state index is 12.1. The Morgan fingerprint density at radius 3 is 2.87 bits per heavy atom. The summed E-state index contributed by atoms with van der Waals surface area (Å²) in [6.45, 7) is 0. The third-order valence-corrected chi connectivity index (χ3v) is 3.49. The fourth-order valence-electron chi connectivity index (χ4n) is 1.78. The Labute approximate surface area is 97.3 Å². The van der Waals surface area contributed by atoms with Gasteiger partial charge in [-0.05, 0) is 52.9 Å². The minimum absolute atomic E-state index is 0.103. The summed E-state index contributed by atoms with van der Waals surface area (Å²) in [6.07, 6.45) is 5.01. The summed E-state index contributed by atoms with van der Waals surface area (Å²) >= 11 is 3.35. The molecule has 0 bridgehead atoms. The Balaban J connectivity index is 2.37. The molecular weight excluding hydrogens is 254 g/mol. The van der Waals surface area contributed by atoms with Gasteiger partial charge in [-0.15, -0.1) is 0 Å². The quantitative estimate of drug-likeness (QED) is 0.659. The van der Waals surface area contributed by atoms with Gasteiger partial charge >= 0.3 is 0 Å². The molecule has 0 radical (unpaired) electrons. The highest BCUT2D eigenvalue weighted by Crippen LogP contribution is 2.29. The van der Waals surface area contributed by atoms with E-state index < -0.39 is 0 Å². The van der Waals surface area contributed by atoms with E-state index in [4.69, 9.17) is 5.73 Å². The Morgan fingerprint density at radius 2 is 2.20 bits per heavy atom. The summed E-state index contributed by atoms with van der Waals surface area (Å²) in [4.78, 5) is 12.1. The number of anilines is 1. The number of nitrogen functional groups attached to an aromatic ring is 1. The molecule has 0 heterocycles. The van der Waals surface area contributed by atoms with E-state index in [0.29, 0.717) is 15.7 Å². The number of hydrogen-bond acceptors (Lipinski definition) is 2. The molecule has 1 aromatic carbocycles. The zero-order valence-corrected chi connectivity index (χ0v) is 9.88. The summed E-state index contributed by atoms with van der Waals surface area (Å²) in [6, 6.07) is 5.40. The molecule has 0 fully saturated rings. The van der Waals surface area contributed by atoms with E-state index in [1.807, 2.05) is 18.2 Å². The van der Waals surface area contributed by atoms with Gasteiger partial charge in [0.05, 0.1) is 4.47 Å². The zero-order chi connectivity index (χ0) is 10.8. The second-order valence-electron chi connectivity index (χ2n) is 3.66. The second kappa shape index (κ2) is 4.19. The molecule has 2 nitrogen and oxygen atoms in total. The summed E-state index contributed by atoms with van der Waals surface area (Å²) in [7, 11) is 0. The van der Waals surface area contributed by atoms with E-state index in [9.17, 15) is 4.79 Å². The molecular formula is C12H12BrNO. The first kappa shape index (κ1) is 10.4. The molecule has 3 heteroatoms. The van der Waals surface area contributed by atoms with Crippen LogP contribution in [0.1, 0.15) is 29.6 Å². The van der Waals surface area contributed by atoms with Crippen LogP contribution in [0.2, 0.25) is 0 Å². The van der Waals surface area contributed by atoms with Crippen LogP contribution in [-0.4, -0.2) is 5.78 Å². The maximum atomic E-state index is 12.1. The van der Waals surface area contributed by atoms with Gasteiger partial charge in [-0.3, -0.25) is 4.79 Å². The molecule has 0 atom stereocenters. The van der Waals surface area contributed by atoms with Gasteiger partial charge < -0.3 is 5.73 Å². The predicted octanol–water partition coefficient (Wildman–Crippen LogP) is 3.32. The van der Waals surface area contributed by atoms with Crippen LogP contribution in [-0.2, 0) is 0 Å². The van der Waals surface area contributed by atoms with E-state index in [-0.39, 0.29) is 5.78 Å². The number of halogens is 1. The molecule has 0 spiro atoms. The SMILES string of the molecule is Nc1cccc(C(=O)C2=CCCC2)c1Br. The summed E-state index contributed by atoms with van der Waals surface area (Å²) in [5.74, 6) is 0.103. The lowest BCUT2D eigenvalue weighted by atomic mass is 10.0. The third-order valence-electron chi connectivity index (χ3n) is 2.61. The molecule has 1 aliphatic carbocycles. The summed E-state index contributed by atoms with van der Waals surface area (Å²) in [5.41, 5.74) is 7.94. The number of hydrogen-bond donors (Lipinski definition) is 1. The smallest absolute Gasteiger partial charge is 0.189 e. The van der Waals surface area contributed by atoms with Crippen LogP contribution < -0.4 is 5.73 Å². The molecule has 15 heavy (non-hydrogen) atoms. The molecule has 1 aromatic rings. The first-order valence-corrected chi connectivity index (χ1v) is 5.77.